The minimum Gasteiger partial charge on any atom is -0.497 e. The fourth-order valence-electron chi connectivity index (χ4n) is 3.20. The van der Waals surface area contributed by atoms with E-state index in [1.165, 1.54) is 32.4 Å². The van der Waals surface area contributed by atoms with Crippen LogP contribution in [0.1, 0.15) is 18.1 Å². The molecule has 0 aromatic heterocycles. The number of rotatable bonds is 9. The summed E-state index contributed by atoms with van der Waals surface area (Å²) in [5, 5.41) is 4.15. The van der Waals surface area contributed by atoms with Gasteiger partial charge in [-0.05, 0) is 78.4 Å². The van der Waals surface area contributed by atoms with Gasteiger partial charge in [0.15, 0.2) is 0 Å². The summed E-state index contributed by atoms with van der Waals surface area (Å²) in [5.41, 5.74) is 4.96. The summed E-state index contributed by atoms with van der Waals surface area (Å²) in [6.07, 6.45) is 0. The quantitative estimate of drug-likeness (QED) is 0.222. The molecule has 0 heterocycles. The molecule has 0 radical (unpaired) electrons. The van der Waals surface area contributed by atoms with Crippen LogP contribution < -0.4 is 19.2 Å². The van der Waals surface area contributed by atoms with Crippen LogP contribution >= 0.6 is 22.6 Å². The lowest BCUT2D eigenvalue weighted by molar-refractivity contribution is -0.119. The predicted molar refractivity (Wildman–Crippen MR) is 145 cm³/mol. The average Bonchev–Trinajstić information content (AvgIpc) is 2.86. The number of aryl methyl sites for hydroxylation is 1. The van der Waals surface area contributed by atoms with Crippen LogP contribution in [0.5, 0.6) is 11.5 Å². The number of nitrogens with one attached hydrogen (secondary N) is 1. The second-order valence-corrected chi connectivity index (χ2v) is 10.7. The molecular weight excluding hydrogens is 581 g/mol. The van der Waals surface area contributed by atoms with Crippen molar-refractivity contribution in [3.63, 3.8) is 0 Å². The van der Waals surface area contributed by atoms with Crippen LogP contribution in [0.4, 0.5) is 5.69 Å². The molecule has 0 fully saturated rings. The van der Waals surface area contributed by atoms with Gasteiger partial charge in [0, 0.05) is 9.64 Å². The highest BCUT2D eigenvalue weighted by Crippen LogP contribution is 2.35. The fourth-order valence-corrected chi connectivity index (χ4v) is 4.98. The van der Waals surface area contributed by atoms with Gasteiger partial charge in [-0.15, -0.1) is 0 Å². The number of sulfonamides is 1. The van der Waals surface area contributed by atoms with Crippen LogP contribution in [-0.2, 0) is 14.8 Å². The van der Waals surface area contributed by atoms with Gasteiger partial charge in [-0.1, -0.05) is 29.8 Å². The Hall–Kier alpha value is -3.12. The van der Waals surface area contributed by atoms with Crippen molar-refractivity contribution in [2.24, 2.45) is 5.10 Å². The molecule has 0 aliphatic heterocycles. The Balaban J connectivity index is 1.97. The second-order valence-electron chi connectivity index (χ2n) is 7.60. The number of nitrogens with zero attached hydrogens (tertiary/aromatic N) is 2. The molecule has 0 aliphatic carbocycles. The minimum atomic E-state index is -4.13. The third kappa shape index (κ3) is 6.51. The summed E-state index contributed by atoms with van der Waals surface area (Å²) in [7, 11) is -1.23. The first-order valence-electron chi connectivity index (χ1n) is 10.6. The van der Waals surface area contributed by atoms with Crippen molar-refractivity contribution in [1.82, 2.24) is 5.43 Å². The van der Waals surface area contributed by atoms with E-state index in [-0.39, 0.29) is 16.3 Å². The summed E-state index contributed by atoms with van der Waals surface area (Å²) in [4.78, 5) is 12.9. The summed E-state index contributed by atoms with van der Waals surface area (Å²) in [5.74, 6) is 0.0705. The second kappa shape index (κ2) is 11.5. The third-order valence-electron chi connectivity index (χ3n) is 5.16. The van der Waals surface area contributed by atoms with E-state index in [0.717, 1.165) is 19.0 Å². The van der Waals surface area contributed by atoms with E-state index in [0.29, 0.717) is 11.5 Å². The van der Waals surface area contributed by atoms with Gasteiger partial charge in [0.1, 0.15) is 18.0 Å². The van der Waals surface area contributed by atoms with E-state index in [2.05, 4.69) is 33.1 Å². The van der Waals surface area contributed by atoms with Crippen LogP contribution in [-0.4, -0.2) is 40.8 Å². The van der Waals surface area contributed by atoms with Crippen molar-refractivity contribution in [1.29, 1.82) is 0 Å². The third-order valence-corrected chi connectivity index (χ3v) is 7.65. The van der Waals surface area contributed by atoms with Gasteiger partial charge in [-0.25, -0.2) is 13.8 Å². The van der Waals surface area contributed by atoms with Crippen LogP contribution in [0, 0.1) is 10.5 Å². The number of carbonyl (C=O) groups is 1. The molecule has 0 aliphatic rings. The summed E-state index contributed by atoms with van der Waals surface area (Å²) >= 11 is 2.20. The van der Waals surface area contributed by atoms with Crippen LogP contribution in [0.15, 0.2) is 76.7 Å². The number of amides is 1. The highest BCUT2D eigenvalue weighted by molar-refractivity contribution is 14.1. The first-order chi connectivity index (χ1) is 16.6. The van der Waals surface area contributed by atoms with Crippen molar-refractivity contribution in [2.45, 2.75) is 18.7 Å². The van der Waals surface area contributed by atoms with E-state index < -0.39 is 22.5 Å². The minimum absolute atomic E-state index is 0.0411. The van der Waals surface area contributed by atoms with Gasteiger partial charge in [0.25, 0.3) is 15.9 Å². The Kier molecular flexibility index (Phi) is 8.73. The Labute approximate surface area is 219 Å². The van der Waals surface area contributed by atoms with Gasteiger partial charge < -0.3 is 9.47 Å². The molecule has 0 saturated heterocycles. The van der Waals surface area contributed by atoms with E-state index in [1.807, 2.05) is 31.2 Å². The summed E-state index contributed by atoms with van der Waals surface area (Å²) in [6, 6.07) is 18.8. The lowest BCUT2D eigenvalue weighted by Gasteiger charge is -2.25. The first-order valence-corrected chi connectivity index (χ1v) is 13.1. The van der Waals surface area contributed by atoms with Crippen LogP contribution in [0.2, 0.25) is 0 Å². The van der Waals surface area contributed by atoms with E-state index in [9.17, 15) is 13.2 Å². The van der Waals surface area contributed by atoms with Gasteiger partial charge in [-0.2, -0.15) is 5.10 Å². The molecule has 3 rings (SSSR count). The number of hydrogen-bond donors (Lipinski definition) is 1. The molecule has 0 atom stereocenters. The number of halogens is 1. The molecule has 10 heteroatoms. The van der Waals surface area contributed by atoms with Gasteiger partial charge in [0.05, 0.1) is 30.5 Å². The maximum absolute atomic E-state index is 13.7. The normalized spacial score (nSPS) is 11.6. The molecule has 0 unspecified atom stereocenters. The zero-order chi connectivity index (χ0) is 25.6. The van der Waals surface area contributed by atoms with E-state index in [1.54, 1.807) is 31.2 Å². The molecule has 0 spiro atoms. The number of benzene rings is 3. The first kappa shape index (κ1) is 26.5. The average molecular weight is 607 g/mol. The fraction of sp³-hybridized carbons (Fsp3) is 0.200. The molecular formula is C25H26IN3O5S. The summed E-state index contributed by atoms with van der Waals surface area (Å²) in [6.45, 7) is 3.10. The number of hydrazone groups is 1. The monoisotopic (exact) mass is 607 g/mol. The van der Waals surface area contributed by atoms with E-state index >= 15 is 0 Å². The lowest BCUT2D eigenvalue weighted by Crippen LogP contribution is -2.40. The lowest BCUT2D eigenvalue weighted by atomic mass is 10.1. The Morgan fingerprint density at radius 1 is 1.00 bits per heavy atom. The van der Waals surface area contributed by atoms with E-state index in [4.69, 9.17) is 9.47 Å². The van der Waals surface area contributed by atoms with Gasteiger partial charge in [-0.3, -0.25) is 9.10 Å². The number of ether oxygens (including phenoxy) is 2. The molecule has 0 saturated carbocycles. The molecule has 184 valence electrons. The van der Waals surface area contributed by atoms with Crippen molar-refractivity contribution < 1.29 is 22.7 Å². The molecule has 3 aromatic carbocycles. The highest BCUT2D eigenvalue weighted by atomic mass is 127. The molecule has 1 amide bonds. The van der Waals surface area contributed by atoms with Gasteiger partial charge >= 0.3 is 0 Å². The van der Waals surface area contributed by atoms with Crippen LogP contribution in [0.25, 0.3) is 0 Å². The molecule has 1 N–H and O–H groups in total. The number of carbonyl (C=O) groups excluding carboxylic acids is 1. The molecule has 8 nitrogen and oxygen atoms in total. The van der Waals surface area contributed by atoms with Crippen molar-refractivity contribution in [2.75, 3.05) is 25.1 Å². The Bertz CT molecular complexity index is 1320. The van der Waals surface area contributed by atoms with Crippen molar-refractivity contribution in [3.05, 3.63) is 81.4 Å². The zero-order valence-electron chi connectivity index (χ0n) is 19.8. The largest absolute Gasteiger partial charge is 0.497 e. The SMILES string of the molecule is COc1ccc(OC)c(N(CC(=O)N/N=C(/C)c2ccc(I)cc2)S(=O)(=O)c2ccc(C)cc2)c1. The Morgan fingerprint density at radius 2 is 1.66 bits per heavy atom. The summed E-state index contributed by atoms with van der Waals surface area (Å²) < 4.78 is 40.1. The molecule has 0 bridgehead atoms. The predicted octanol–water partition coefficient (Wildman–Crippen LogP) is 4.35. The molecule has 3 aromatic rings. The maximum Gasteiger partial charge on any atom is 0.264 e. The number of anilines is 1. The number of methoxy groups -OCH3 is 2. The van der Waals surface area contributed by atoms with Crippen LogP contribution in [0.3, 0.4) is 0 Å². The zero-order valence-corrected chi connectivity index (χ0v) is 22.8. The maximum atomic E-state index is 13.7. The van der Waals surface area contributed by atoms with Gasteiger partial charge in [0.2, 0.25) is 0 Å². The molecule has 35 heavy (non-hydrogen) atoms. The van der Waals surface area contributed by atoms with Crippen molar-refractivity contribution >= 4 is 49.9 Å². The smallest absolute Gasteiger partial charge is 0.264 e. The van der Waals surface area contributed by atoms with Crippen molar-refractivity contribution in [3.8, 4) is 11.5 Å². The number of hydrogen-bond acceptors (Lipinski definition) is 6. The Morgan fingerprint density at radius 3 is 2.26 bits per heavy atom. The highest BCUT2D eigenvalue weighted by Gasteiger charge is 2.30. The standard InChI is InChI=1S/C25H26IN3O5S/c1-17-5-12-22(13-6-17)35(31,32)29(23-15-21(33-3)11-14-24(23)34-4)16-25(30)28-27-18(2)19-7-9-20(26)10-8-19/h5-15H,16H2,1-4H3,(H,28,30)/b27-18-. The topological polar surface area (TPSA) is 97.3 Å².